The van der Waals surface area contributed by atoms with E-state index in [2.05, 4.69) is 5.32 Å². The third-order valence-corrected chi connectivity index (χ3v) is 2.95. The maximum Gasteiger partial charge on any atom is 0.241 e. The molecule has 0 unspecified atom stereocenters. The van der Waals surface area contributed by atoms with Gasteiger partial charge < -0.3 is 15.8 Å². The summed E-state index contributed by atoms with van der Waals surface area (Å²) in [6.07, 6.45) is 2.67. The maximum atomic E-state index is 11.7. The van der Waals surface area contributed by atoms with Crippen LogP contribution in [0.1, 0.15) is 6.42 Å². The van der Waals surface area contributed by atoms with E-state index in [0.717, 1.165) is 5.75 Å². The average Bonchev–Trinajstić information content (AvgIpc) is 2.36. The topological polar surface area (TPSA) is 64.3 Å². The SMILES string of the molecule is COc1cccc(NC(=O)[C@@H](N)CCSC)c1. The van der Waals surface area contributed by atoms with Crippen molar-refractivity contribution in [2.45, 2.75) is 12.5 Å². The number of anilines is 1. The number of rotatable bonds is 6. The van der Waals surface area contributed by atoms with Crippen molar-refractivity contribution in [3.8, 4) is 5.75 Å². The highest BCUT2D eigenvalue weighted by molar-refractivity contribution is 7.98. The molecule has 1 aromatic carbocycles. The third-order valence-electron chi connectivity index (χ3n) is 2.31. The maximum absolute atomic E-state index is 11.7. The van der Waals surface area contributed by atoms with Gasteiger partial charge in [0.1, 0.15) is 5.75 Å². The average molecular weight is 254 g/mol. The van der Waals surface area contributed by atoms with E-state index >= 15 is 0 Å². The molecule has 0 aliphatic rings. The van der Waals surface area contributed by atoms with Gasteiger partial charge in [-0.2, -0.15) is 11.8 Å². The Hall–Kier alpha value is -1.20. The van der Waals surface area contributed by atoms with Crippen LogP contribution in [0.3, 0.4) is 0 Å². The Kier molecular flexibility index (Phi) is 5.86. The van der Waals surface area contributed by atoms with E-state index in [0.29, 0.717) is 17.9 Å². The van der Waals surface area contributed by atoms with E-state index in [1.54, 1.807) is 24.9 Å². The van der Waals surface area contributed by atoms with Crippen molar-refractivity contribution in [3.05, 3.63) is 24.3 Å². The highest BCUT2D eigenvalue weighted by atomic mass is 32.2. The first kappa shape index (κ1) is 13.9. The van der Waals surface area contributed by atoms with Gasteiger partial charge in [0.15, 0.2) is 0 Å². The summed E-state index contributed by atoms with van der Waals surface area (Å²) in [7, 11) is 1.59. The first-order valence-corrected chi connectivity index (χ1v) is 6.76. The highest BCUT2D eigenvalue weighted by Crippen LogP contribution is 2.16. The molecule has 17 heavy (non-hydrogen) atoms. The van der Waals surface area contributed by atoms with Crippen molar-refractivity contribution >= 4 is 23.4 Å². The van der Waals surface area contributed by atoms with Crippen LogP contribution in [-0.4, -0.2) is 31.1 Å². The molecule has 0 aromatic heterocycles. The predicted molar refractivity (Wildman–Crippen MR) is 72.6 cm³/mol. The molecule has 0 saturated heterocycles. The Labute approximate surface area is 106 Å². The number of carbonyl (C=O) groups excluding carboxylic acids is 1. The fourth-order valence-electron chi connectivity index (χ4n) is 1.31. The van der Waals surface area contributed by atoms with Crippen LogP contribution in [0.5, 0.6) is 5.75 Å². The highest BCUT2D eigenvalue weighted by Gasteiger charge is 2.12. The lowest BCUT2D eigenvalue weighted by Crippen LogP contribution is -2.36. The fraction of sp³-hybridized carbons (Fsp3) is 0.417. The monoisotopic (exact) mass is 254 g/mol. The van der Waals surface area contributed by atoms with E-state index in [1.165, 1.54) is 0 Å². The molecule has 1 aromatic rings. The van der Waals surface area contributed by atoms with Crippen LogP contribution >= 0.6 is 11.8 Å². The number of hydrogen-bond donors (Lipinski definition) is 2. The number of nitrogens with two attached hydrogens (primary N) is 1. The van der Waals surface area contributed by atoms with Gasteiger partial charge in [0.05, 0.1) is 13.2 Å². The normalized spacial score (nSPS) is 11.9. The lowest BCUT2D eigenvalue weighted by molar-refractivity contribution is -0.117. The first-order valence-electron chi connectivity index (χ1n) is 5.37. The second-order valence-electron chi connectivity index (χ2n) is 3.61. The number of nitrogens with one attached hydrogen (secondary N) is 1. The molecular formula is C12H18N2O2S. The predicted octanol–water partition coefficient (Wildman–Crippen LogP) is 1.71. The smallest absolute Gasteiger partial charge is 0.241 e. The summed E-state index contributed by atoms with van der Waals surface area (Å²) in [5, 5.41) is 2.77. The Morgan fingerprint density at radius 3 is 3.00 bits per heavy atom. The molecule has 0 radical (unpaired) electrons. The molecule has 0 saturated carbocycles. The van der Waals surface area contributed by atoms with E-state index < -0.39 is 6.04 Å². The van der Waals surface area contributed by atoms with Crippen LogP contribution in [0.15, 0.2) is 24.3 Å². The van der Waals surface area contributed by atoms with Gasteiger partial charge in [-0.1, -0.05) is 6.07 Å². The summed E-state index contributed by atoms with van der Waals surface area (Å²) in [5.74, 6) is 1.43. The van der Waals surface area contributed by atoms with Crippen LogP contribution in [0.2, 0.25) is 0 Å². The molecule has 1 amide bonds. The summed E-state index contributed by atoms with van der Waals surface area (Å²) in [6.45, 7) is 0. The van der Waals surface area contributed by atoms with Crippen LogP contribution in [-0.2, 0) is 4.79 Å². The Morgan fingerprint density at radius 1 is 1.59 bits per heavy atom. The molecule has 0 aliphatic heterocycles. The summed E-state index contributed by atoms with van der Waals surface area (Å²) in [5.41, 5.74) is 6.47. The molecule has 0 fully saturated rings. The number of thioether (sulfide) groups is 1. The molecule has 3 N–H and O–H groups in total. The number of amides is 1. The molecule has 0 heterocycles. The Balaban J connectivity index is 2.54. The van der Waals surface area contributed by atoms with Gasteiger partial charge in [-0.05, 0) is 30.6 Å². The number of benzene rings is 1. The minimum atomic E-state index is -0.464. The Morgan fingerprint density at radius 2 is 2.35 bits per heavy atom. The zero-order chi connectivity index (χ0) is 12.7. The van der Waals surface area contributed by atoms with Crippen molar-refractivity contribution in [2.75, 3.05) is 24.4 Å². The molecule has 4 nitrogen and oxygen atoms in total. The molecule has 5 heteroatoms. The van der Waals surface area contributed by atoms with Crippen molar-refractivity contribution in [2.24, 2.45) is 5.73 Å². The van der Waals surface area contributed by atoms with Crippen molar-refractivity contribution < 1.29 is 9.53 Å². The van der Waals surface area contributed by atoms with E-state index in [-0.39, 0.29) is 5.91 Å². The second kappa shape index (κ2) is 7.19. The van der Waals surface area contributed by atoms with Gasteiger partial charge in [-0.3, -0.25) is 4.79 Å². The number of carbonyl (C=O) groups is 1. The van der Waals surface area contributed by atoms with E-state index in [9.17, 15) is 4.79 Å². The number of methoxy groups -OCH3 is 1. The third kappa shape index (κ3) is 4.66. The van der Waals surface area contributed by atoms with Crippen LogP contribution in [0.4, 0.5) is 5.69 Å². The van der Waals surface area contributed by atoms with Crippen LogP contribution in [0, 0.1) is 0 Å². The molecule has 0 spiro atoms. The summed E-state index contributed by atoms with van der Waals surface area (Å²) in [6, 6.07) is 6.75. The quantitative estimate of drug-likeness (QED) is 0.811. The number of hydrogen-bond acceptors (Lipinski definition) is 4. The summed E-state index contributed by atoms with van der Waals surface area (Å²) < 4.78 is 5.08. The fourth-order valence-corrected chi connectivity index (χ4v) is 1.80. The first-order chi connectivity index (χ1) is 8.17. The van der Waals surface area contributed by atoms with Gasteiger partial charge >= 0.3 is 0 Å². The van der Waals surface area contributed by atoms with Crippen molar-refractivity contribution in [3.63, 3.8) is 0 Å². The van der Waals surface area contributed by atoms with Gasteiger partial charge in [-0.25, -0.2) is 0 Å². The van der Waals surface area contributed by atoms with Crippen molar-refractivity contribution in [1.29, 1.82) is 0 Å². The largest absolute Gasteiger partial charge is 0.497 e. The number of ether oxygens (including phenoxy) is 1. The Bertz CT molecular complexity index is 371. The zero-order valence-electron chi connectivity index (χ0n) is 10.1. The standard InChI is InChI=1S/C12H18N2O2S/c1-16-10-5-3-4-9(8-10)14-12(15)11(13)6-7-17-2/h3-5,8,11H,6-7,13H2,1-2H3,(H,14,15)/t11-/m0/s1. The summed E-state index contributed by atoms with van der Waals surface area (Å²) >= 11 is 1.68. The minimum Gasteiger partial charge on any atom is -0.497 e. The van der Waals surface area contributed by atoms with Gasteiger partial charge in [-0.15, -0.1) is 0 Å². The van der Waals surface area contributed by atoms with E-state index in [4.69, 9.17) is 10.5 Å². The molecule has 1 rings (SSSR count). The molecule has 1 atom stereocenters. The molecule has 94 valence electrons. The van der Waals surface area contributed by atoms with E-state index in [1.807, 2.05) is 24.5 Å². The minimum absolute atomic E-state index is 0.160. The molecular weight excluding hydrogens is 236 g/mol. The van der Waals surface area contributed by atoms with Crippen molar-refractivity contribution in [1.82, 2.24) is 0 Å². The second-order valence-corrected chi connectivity index (χ2v) is 4.59. The molecule has 0 aliphatic carbocycles. The van der Waals surface area contributed by atoms with Gasteiger partial charge in [0, 0.05) is 11.8 Å². The van der Waals surface area contributed by atoms with Gasteiger partial charge in [0.2, 0.25) is 5.91 Å². The van der Waals surface area contributed by atoms with Gasteiger partial charge in [0.25, 0.3) is 0 Å². The summed E-state index contributed by atoms with van der Waals surface area (Å²) in [4.78, 5) is 11.7. The van der Waals surface area contributed by atoms with Crippen LogP contribution < -0.4 is 15.8 Å². The molecule has 0 bridgehead atoms. The lowest BCUT2D eigenvalue weighted by atomic mass is 10.2. The lowest BCUT2D eigenvalue weighted by Gasteiger charge is -2.12. The zero-order valence-corrected chi connectivity index (χ0v) is 10.9. The van der Waals surface area contributed by atoms with Crippen LogP contribution in [0.25, 0.3) is 0 Å².